The average Bonchev–Trinajstić information content (AvgIpc) is 2.53. The number of aryl methyl sites for hydroxylation is 1. The van der Waals surface area contributed by atoms with Gasteiger partial charge in [-0.05, 0) is 19.1 Å². The molecule has 0 N–H and O–H groups in total. The maximum atomic E-state index is 13.5. The monoisotopic (exact) mass is 248 g/mol. The Balaban J connectivity index is 2.73. The molecular formula is C10H8ClF3N2. The van der Waals surface area contributed by atoms with Gasteiger partial charge >= 0.3 is 6.05 Å². The molecule has 0 radical (unpaired) electrons. The second-order valence-electron chi connectivity index (χ2n) is 3.37. The minimum atomic E-state index is -3.80. The summed E-state index contributed by atoms with van der Waals surface area (Å²) in [5.74, 6) is 0.0227. The van der Waals surface area contributed by atoms with Gasteiger partial charge in [-0.1, -0.05) is 23.7 Å². The molecule has 0 aliphatic heterocycles. The number of halogens is 4. The standard InChI is InChI=1S/C10H8ClF3N2/c1-6-15-7-4-2-3-5-8(7)16(6)10(13,14)9(11)12/h2-5,9H,1H3. The number of hydrogen-bond acceptors (Lipinski definition) is 1. The second-order valence-corrected chi connectivity index (χ2v) is 3.75. The van der Waals surface area contributed by atoms with Gasteiger partial charge in [-0.15, -0.1) is 0 Å². The zero-order chi connectivity index (χ0) is 11.9. The van der Waals surface area contributed by atoms with E-state index in [9.17, 15) is 13.2 Å². The van der Waals surface area contributed by atoms with Gasteiger partial charge in [0.1, 0.15) is 5.82 Å². The fraction of sp³-hybridized carbons (Fsp3) is 0.300. The van der Waals surface area contributed by atoms with E-state index in [1.54, 1.807) is 18.2 Å². The third kappa shape index (κ3) is 1.55. The first kappa shape index (κ1) is 11.3. The van der Waals surface area contributed by atoms with E-state index in [0.29, 0.717) is 10.1 Å². The lowest BCUT2D eigenvalue weighted by Crippen LogP contribution is -2.31. The number of alkyl halides is 4. The van der Waals surface area contributed by atoms with Crippen LogP contribution in [0.2, 0.25) is 0 Å². The molecule has 0 fully saturated rings. The number of rotatable bonds is 2. The molecule has 1 atom stereocenters. The first-order chi connectivity index (χ1) is 7.44. The van der Waals surface area contributed by atoms with Crippen molar-refractivity contribution in [2.75, 3.05) is 0 Å². The fourth-order valence-corrected chi connectivity index (χ4v) is 1.72. The van der Waals surface area contributed by atoms with E-state index < -0.39 is 11.7 Å². The molecule has 0 aliphatic rings. The number of benzene rings is 1. The number of fused-ring (bicyclic) bond motifs is 1. The fourth-order valence-electron chi connectivity index (χ4n) is 1.62. The highest BCUT2D eigenvalue weighted by molar-refractivity contribution is 6.20. The summed E-state index contributed by atoms with van der Waals surface area (Å²) in [5, 5.41) is 0. The highest BCUT2D eigenvalue weighted by atomic mass is 35.5. The van der Waals surface area contributed by atoms with E-state index in [4.69, 9.17) is 11.6 Å². The topological polar surface area (TPSA) is 17.8 Å². The molecule has 2 aromatic rings. The van der Waals surface area contributed by atoms with Gasteiger partial charge in [0, 0.05) is 0 Å². The van der Waals surface area contributed by atoms with Crippen LogP contribution in [0.15, 0.2) is 24.3 Å². The van der Waals surface area contributed by atoms with Crippen molar-refractivity contribution in [1.29, 1.82) is 0 Å². The van der Waals surface area contributed by atoms with Gasteiger partial charge in [0.15, 0.2) is 0 Å². The number of aromatic nitrogens is 2. The molecule has 1 unspecified atom stereocenters. The number of hydrogen-bond donors (Lipinski definition) is 0. The van der Waals surface area contributed by atoms with Crippen LogP contribution < -0.4 is 0 Å². The Morgan fingerprint density at radius 3 is 2.62 bits per heavy atom. The van der Waals surface area contributed by atoms with Crippen LogP contribution in [0.5, 0.6) is 0 Å². The predicted octanol–water partition coefficient (Wildman–Crippen LogP) is 3.43. The van der Waals surface area contributed by atoms with Crippen LogP contribution in [0.4, 0.5) is 13.2 Å². The summed E-state index contributed by atoms with van der Waals surface area (Å²) in [6.07, 6.45) is 0. The van der Waals surface area contributed by atoms with Crippen molar-refractivity contribution < 1.29 is 13.2 Å². The largest absolute Gasteiger partial charge is 0.375 e. The SMILES string of the molecule is Cc1nc2ccccc2n1C(F)(F)C(F)Cl. The highest BCUT2D eigenvalue weighted by Crippen LogP contribution is 2.34. The minimum absolute atomic E-state index is 0.0227. The van der Waals surface area contributed by atoms with E-state index in [1.807, 2.05) is 0 Å². The van der Waals surface area contributed by atoms with Crippen LogP contribution in [0.3, 0.4) is 0 Å². The van der Waals surface area contributed by atoms with E-state index in [0.717, 1.165) is 0 Å². The van der Waals surface area contributed by atoms with E-state index >= 15 is 0 Å². The molecule has 1 aromatic heterocycles. The molecule has 0 saturated heterocycles. The number of para-hydroxylation sites is 2. The molecule has 2 nitrogen and oxygen atoms in total. The molecule has 6 heteroatoms. The minimum Gasteiger partial charge on any atom is -0.264 e. The second kappa shape index (κ2) is 3.66. The molecule has 2 rings (SSSR count). The summed E-state index contributed by atoms with van der Waals surface area (Å²) in [4.78, 5) is 3.92. The van der Waals surface area contributed by atoms with Crippen molar-refractivity contribution in [1.82, 2.24) is 9.55 Å². The van der Waals surface area contributed by atoms with Crippen molar-refractivity contribution in [3.05, 3.63) is 30.1 Å². The van der Waals surface area contributed by atoms with Crippen molar-refractivity contribution >= 4 is 22.6 Å². The maximum absolute atomic E-state index is 13.5. The zero-order valence-corrected chi connectivity index (χ0v) is 9.05. The summed E-state index contributed by atoms with van der Waals surface area (Å²) in [6.45, 7) is 1.38. The van der Waals surface area contributed by atoms with Gasteiger partial charge in [-0.3, -0.25) is 4.57 Å². The van der Waals surface area contributed by atoms with Crippen molar-refractivity contribution in [2.24, 2.45) is 0 Å². The van der Waals surface area contributed by atoms with Crippen LogP contribution >= 0.6 is 11.6 Å². The van der Waals surface area contributed by atoms with Crippen molar-refractivity contribution in [3.63, 3.8) is 0 Å². The lowest BCUT2D eigenvalue weighted by molar-refractivity contribution is -0.113. The Kier molecular flexibility index (Phi) is 2.58. The maximum Gasteiger partial charge on any atom is 0.375 e. The van der Waals surface area contributed by atoms with Gasteiger partial charge in [0.2, 0.25) is 0 Å². The van der Waals surface area contributed by atoms with Gasteiger partial charge in [0.25, 0.3) is 5.63 Å². The number of nitrogens with zero attached hydrogens (tertiary/aromatic N) is 2. The van der Waals surface area contributed by atoms with Crippen LogP contribution in [0.25, 0.3) is 11.0 Å². The van der Waals surface area contributed by atoms with Crippen LogP contribution in [-0.2, 0) is 6.05 Å². The lowest BCUT2D eigenvalue weighted by atomic mass is 10.3. The molecule has 16 heavy (non-hydrogen) atoms. The highest BCUT2D eigenvalue weighted by Gasteiger charge is 2.43. The van der Waals surface area contributed by atoms with Gasteiger partial charge < -0.3 is 0 Å². The molecule has 1 aromatic carbocycles. The summed E-state index contributed by atoms with van der Waals surface area (Å²) in [6, 6.07) is 2.48. The molecule has 0 spiro atoms. The van der Waals surface area contributed by atoms with Crippen LogP contribution in [0, 0.1) is 6.92 Å². The Labute approximate surface area is 94.6 Å². The molecule has 0 bridgehead atoms. The summed E-state index contributed by atoms with van der Waals surface area (Å²) in [5.41, 5.74) is -2.24. The molecular weight excluding hydrogens is 241 g/mol. The Morgan fingerprint density at radius 2 is 2.00 bits per heavy atom. The normalized spacial score (nSPS) is 14.3. The first-order valence-corrected chi connectivity index (χ1v) is 4.98. The van der Waals surface area contributed by atoms with E-state index in [-0.39, 0.29) is 11.3 Å². The summed E-state index contributed by atoms with van der Waals surface area (Å²) >= 11 is 4.87. The number of imidazole rings is 1. The molecule has 0 saturated carbocycles. The van der Waals surface area contributed by atoms with Gasteiger partial charge in [0.05, 0.1) is 11.0 Å². The quantitative estimate of drug-likeness (QED) is 0.745. The Bertz CT molecular complexity index is 522. The van der Waals surface area contributed by atoms with Gasteiger partial charge in [-0.2, -0.15) is 8.78 Å². The Morgan fingerprint density at radius 1 is 1.38 bits per heavy atom. The van der Waals surface area contributed by atoms with Crippen molar-refractivity contribution in [2.45, 2.75) is 18.6 Å². The van der Waals surface area contributed by atoms with E-state index in [2.05, 4.69) is 4.98 Å². The van der Waals surface area contributed by atoms with Crippen molar-refractivity contribution in [3.8, 4) is 0 Å². The summed E-state index contributed by atoms with van der Waals surface area (Å²) < 4.78 is 40.3. The third-order valence-corrected chi connectivity index (χ3v) is 2.55. The molecule has 1 heterocycles. The van der Waals surface area contributed by atoms with Gasteiger partial charge in [-0.25, -0.2) is 9.37 Å². The third-order valence-electron chi connectivity index (χ3n) is 2.29. The average molecular weight is 249 g/mol. The van der Waals surface area contributed by atoms with Crippen LogP contribution in [0.1, 0.15) is 5.82 Å². The Hall–Kier alpha value is -1.23. The lowest BCUT2D eigenvalue weighted by Gasteiger charge is -2.19. The van der Waals surface area contributed by atoms with E-state index in [1.165, 1.54) is 13.0 Å². The molecule has 86 valence electrons. The summed E-state index contributed by atoms with van der Waals surface area (Å²) in [7, 11) is 0. The smallest absolute Gasteiger partial charge is 0.264 e. The molecule has 0 aliphatic carbocycles. The zero-order valence-electron chi connectivity index (χ0n) is 8.29. The van der Waals surface area contributed by atoms with Crippen LogP contribution in [-0.4, -0.2) is 15.2 Å². The first-order valence-electron chi connectivity index (χ1n) is 4.55. The molecule has 0 amide bonds. The predicted molar refractivity (Wildman–Crippen MR) is 55.4 cm³/mol.